The molecule has 2 heterocycles. The minimum atomic E-state index is -2.71. The number of anilines is 1. The Kier molecular flexibility index (Phi) is 8.44. The highest BCUT2D eigenvalue weighted by atomic mass is 32.2. The third-order valence-electron chi connectivity index (χ3n) is 3.89. The summed E-state index contributed by atoms with van der Waals surface area (Å²) in [4.78, 5) is 31.0. The van der Waals surface area contributed by atoms with E-state index in [4.69, 9.17) is 15.0 Å². The van der Waals surface area contributed by atoms with E-state index in [0.29, 0.717) is 0 Å². The predicted octanol–water partition coefficient (Wildman–Crippen LogP) is 0.169. The SMILES string of the molecule is CC(C)COC(=O)[C@H](C)N[PH](=O)OCC1S[C@@H](n2cnc(N)nc2=O)C[C@H]1O. The highest BCUT2D eigenvalue weighted by Crippen LogP contribution is 2.41. The maximum Gasteiger partial charge on any atom is 0.353 e. The Bertz CT molecular complexity index is 763. The summed E-state index contributed by atoms with van der Waals surface area (Å²) in [6.07, 6.45) is 0.813. The number of carbonyl (C=O) groups excluding carboxylic acids is 1. The number of aliphatic hydroxyl groups is 1. The Hall–Kier alpha value is -1.46. The Morgan fingerprint density at radius 1 is 1.54 bits per heavy atom. The van der Waals surface area contributed by atoms with Crippen molar-refractivity contribution >= 4 is 31.9 Å². The number of nitrogens with zero attached hydrogens (tertiary/aromatic N) is 3. The van der Waals surface area contributed by atoms with Crippen LogP contribution in [0.4, 0.5) is 5.95 Å². The lowest BCUT2D eigenvalue weighted by Gasteiger charge is -2.17. The van der Waals surface area contributed by atoms with Crippen LogP contribution in [0.1, 0.15) is 32.6 Å². The van der Waals surface area contributed by atoms with Crippen LogP contribution in [0.3, 0.4) is 0 Å². The van der Waals surface area contributed by atoms with Gasteiger partial charge < -0.3 is 20.1 Å². The average Bonchev–Trinajstić information content (AvgIpc) is 2.98. The van der Waals surface area contributed by atoms with E-state index in [1.165, 1.54) is 29.6 Å². The number of carbonyl (C=O) groups is 1. The lowest BCUT2D eigenvalue weighted by Crippen LogP contribution is -2.32. The van der Waals surface area contributed by atoms with E-state index in [1.54, 1.807) is 0 Å². The minimum absolute atomic E-state index is 0.00846. The molecule has 158 valence electrons. The van der Waals surface area contributed by atoms with Crippen LogP contribution in [-0.4, -0.2) is 56.2 Å². The van der Waals surface area contributed by atoms with E-state index in [9.17, 15) is 19.3 Å². The molecular formula is C15H26N5O6PS. The molecule has 0 amide bonds. The molecule has 0 saturated carbocycles. The van der Waals surface area contributed by atoms with Crippen LogP contribution in [0.2, 0.25) is 0 Å². The first kappa shape index (κ1) is 22.8. The van der Waals surface area contributed by atoms with Crippen molar-refractivity contribution < 1.29 is 23.7 Å². The predicted molar refractivity (Wildman–Crippen MR) is 105 cm³/mol. The van der Waals surface area contributed by atoms with E-state index < -0.39 is 37.2 Å². The van der Waals surface area contributed by atoms with Crippen LogP contribution < -0.4 is 16.5 Å². The quantitative estimate of drug-likeness (QED) is 0.358. The molecule has 0 radical (unpaired) electrons. The highest BCUT2D eigenvalue weighted by Gasteiger charge is 2.36. The van der Waals surface area contributed by atoms with Crippen molar-refractivity contribution in [1.82, 2.24) is 19.6 Å². The lowest BCUT2D eigenvalue weighted by atomic mass is 10.2. The van der Waals surface area contributed by atoms with Gasteiger partial charge in [0, 0.05) is 6.42 Å². The van der Waals surface area contributed by atoms with Crippen LogP contribution in [0.25, 0.3) is 0 Å². The molecular weight excluding hydrogens is 409 g/mol. The van der Waals surface area contributed by atoms with Crippen LogP contribution in [0.5, 0.6) is 0 Å². The summed E-state index contributed by atoms with van der Waals surface area (Å²) in [7, 11) is -2.71. The maximum atomic E-state index is 12.1. The topological polar surface area (TPSA) is 159 Å². The van der Waals surface area contributed by atoms with Gasteiger partial charge in [-0.25, -0.2) is 14.9 Å². The first-order valence-electron chi connectivity index (χ1n) is 8.81. The van der Waals surface area contributed by atoms with E-state index in [0.717, 1.165) is 0 Å². The van der Waals surface area contributed by atoms with Crippen LogP contribution in [0.15, 0.2) is 11.1 Å². The van der Waals surface area contributed by atoms with Crippen molar-refractivity contribution in [2.24, 2.45) is 5.92 Å². The van der Waals surface area contributed by atoms with Gasteiger partial charge in [-0.05, 0) is 12.8 Å². The normalized spacial score (nSPS) is 24.2. The number of esters is 1. The van der Waals surface area contributed by atoms with E-state index in [-0.39, 0.29) is 36.9 Å². The molecule has 13 heteroatoms. The third kappa shape index (κ3) is 6.56. The number of nitrogens with one attached hydrogen (secondary N) is 1. The van der Waals surface area contributed by atoms with E-state index in [2.05, 4.69) is 15.1 Å². The maximum absolute atomic E-state index is 12.1. The first-order chi connectivity index (χ1) is 13.2. The van der Waals surface area contributed by atoms with Crippen molar-refractivity contribution in [2.75, 3.05) is 18.9 Å². The van der Waals surface area contributed by atoms with Gasteiger partial charge in [-0.3, -0.25) is 13.9 Å². The number of nitrogen functional groups attached to an aromatic ring is 1. The molecule has 0 spiro atoms. The number of nitrogens with two attached hydrogens (primary N) is 1. The Morgan fingerprint density at radius 3 is 2.89 bits per heavy atom. The van der Waals surface area contributed by atoms with Gasteiger partial charge in [-0.15, -0.1) is 11.8 Å². The average molecular weight is 435 g/mol. The second kappa shape index (κ2) is 10.4. The summed E-state index contributed by atoms with van der Waals surface area (Å²) in [6, 6.07) is -0.774. The molecule has 4 N–H and O–H groups in total. The molecule has 1 saturated heterocycles. The Morgan fingerprint density at radius 2 is 2.25 bits per heavy atom. The Labute approximate surface area is 167 Å². The molecule has 11 nitrogen and oxygen atoms in total. The van der Waals surface area contributed by atoms with Gasteiger partial charge in [0.05, 0.1) is 29.9 Å². The molecule has 1 aromatic rings. The van der Waals surface area contributed by atoms with E-state index in [1.807, 2.05) is 13.8 Å². The molecule has 5 atom stereocenters. The van der Waals surface area contributed by atoms with Gasteiger partial charge in [0.25, 0.3) is 8.18 Å². The fraction of sp³-hybridized carbons (Fsp3) is 0.733. The van der Waals surface area contributed by atoms with Crippen molar-refractivity contribution in [3.63, 3.8) is 0 Å². The number of hydrogen-bond acceptors (Lipinski definition) is 10. The van der Waals surface area contributed by atoms with E-state index >= 15 is 0 Å². The van der Waals surface area contributed by atoms with Crippen molar-refractivity contribution in [3.8, 4) is 0 Å². The standard InChI is InChI=1S/C15H26N5O6PS/c1-8(2)5-25-13(22)9(3)19-27(24)26-6-11-10(21)4-12(28-11)20-7-17-14(16)18-15(20)23/h7-12,21,27H,4-6H2,1-3H3,(H,19,24)(H2,16,18,23)/t9-,10+,11?,12+/m0/s1. The summed E-state index contributed by atoms with van der Waals surface area (Å²) in [5, 5.41) is 12.0. The van der Waals surface area contributed by atoms with Gasteiger partial charge >= 0.3 is 11.7 Å². The molecule has 1 aromatic heterocycles. The second-order valence-electron chi connectivity index (χ2n) is 6.83. The second-order valence-corrected chi connectivity index (χ2v) is 9.40. The lowest BCUT2D eigenvalue weighted by molar-refractivity contribution is -0.146. The van der Waals surface area contributed by atoms with Crippen LogP contribution in [-0.2, 0) is 18.6 Å². The van der Waals surface area contributed by atoms with Crippen molar-refractivity contribution in [2.45, 2.75) is 50.0 Å². The Balaban J connectivity index is 1.81. The smallest absolute Gasteiger partial charge is 0.353 e. The van der Waals surface area contributed by atoms with Crippen molar-refractivity contribution in [1.29, 1.82) is 0 Å². The van der Waals surface area contributed by atoms with Gasteiger partial charge in [0.1, 0.15) is 12.4 Å². The zero-order valence-electron chi connectivity index (χ0n) is 15.9. The highest BCUT2D eigenvalue weighted by molar-refractivity contribution is 8.00. The first-order valence-corrected chi connectivity index (χ1v) is 11.1. The number of ether oxygens (including phenoxy) is 1. The number of hydrogen-bond donors (Lipinski definition) is 3. The largest absolute Gasteiger partial charge is 0.464 e. The van der Waals surface area contributed by atoms with Gasteiger partial charge in [0.2, 0.25) is 5.95 Å². The summed E-state index contributed by atoms with van der Waals surface area (Å²) in [6.45, 7) is 5.65. The zero-order chi connectivity index (χ0) is 20.8. The molecule has 0 aliphatic carbocycles. The van der Waals surface area contributed by atoms with Crippen molar-refractivity contribution in [3.05, 3.63) is 16.8 Å². The molecule has 1 aliphatic rings. The molecule has 0 aromatic carbocycles. The number of thioether (sulfide) groups is 1. The number of aromatic nitrogens is 3. The third-order valence-corrected chi connectivity index (χ3v) is 6.52. The fourth-order valence-corrected chi connectivity index (χ4v) is 4.83. The number of aliphatic hydroxyl groups excluding tert-OH is 1. The molecule has 1 aliphatic heterocycles. The van der Waals surface area contributed by atoms with Gasteiger partial charge in [-0.2, -0.15) is 4.98 Å². The molecule has 0 bridgehead atoms. The summed E-state index contributed by atoms with van der Waals surface area (Å²) in [5.41, 5.74) is 4.82. The molecule has 28 heavy (non-hydrogen) atoms. The summed E-state index contributed by atoms with van der Waals surface area (Å²) < 4.78 is 23.7. The van der Waals surface area contributed by atoms with Gasteiger partial charge in [0.15, 0.2) is 0 Å². The minimum Gasteiger partial charge on any atom is -0.464 e. The monoisotopic (exact) mass is 435 g/mol. The summed E-state index contributed by atoms with van der Waals surface area (Å²) in [5.74, 6) is -0.415. The summed E-state index contributed by atoms with van der Waals surface area (Å²) >= 11 is 1.30. The van der Waals surface area contributed by atoms with Crippen LogP contribution >= 0.6 is 19.9 Å². The fourth-order valence-electron chi connectivity index (χ4n) is 2.40. The van der Waals surface area contributed by atoms with Gasteiger partial charge in [-0.1, -0.05) is 13.8 Å². The molecule has 1 fully saturated rings. The number of rotatable bonds is 9. The van der Waals surface area contributed by atoms with Crippen LogP contribution in [0, 0.1) is 5.92 Å². The molecule has 2 rings (SSSR count). The molecule has 2 unspecified atom stereocenters. The zero-order valence-corrected chi connectivity index (χ0v) is 17.7.